The average molecular weight is 478 g/mol. The Hall–Kier alpha value is -2.07. The Kier molecular flexibility index (Phi) is 7.16. The van der Waals surface area contributed by atoms with Crippen LogP contribution in [0.4, 0.5) is 5.95 Å². The second kappa shape index (κ2) is 10.0. The molecule has 3 aromatic rings. The number of morpholine rings is 1. The number of aromatic nitrogens is 3. The highest BCUT2D eigenvalue weighted by molar-refractivity contribution is 7.99. The predicted molar refractivity (Wildman–Crippen MR) is 126 cm³/mol. The van der Waals surface area contributed by atoms with E-state index in [-0.39, 0.29) is 11.7 Å². The molecule has 0 bridgehead atoms. The summed E-state index contributed by atoms with van der Waals surface area (Å²) in [5.74, 6) is 1.10. The largest absolute Gasteiger partial charge is 0.378 e. The van der Waals surface area contributed by atoms with Crippen molar-refractivity contribution >= 4 is 46.6 Å². The number of hydrogen-bond acceptors (Lipinski definition) is 7. The average Bonchev–Trinajstić information content (AvgIpc) is 3.38. The highest BCUT2D eigenvalue weighted by Gasteiger charge is 2.23. The number of thioether (sulfide) groups is 1. The van der Waals surface area contributed by atoms with Crippen LogP contribution in [0.25, 0.3) is 5.69 Å². The normalized spacial score (nSPS) is 14.1. The first kappa shape index (κ1) is 22.1. The SMILES string of the molecule is Cc1ccccc1-n1c(SCC(=O)N(C)Cc2ccc(Cl)s2)nnc1N1CCOCC1. The Morgan fingerprint density at radius 1 is 1.23 bits per heavy atom. The third-order valence-electron chi connectivity index (χ3n) is 5.04. The van der Waals surface area contributed by atoms with Gasteiger partial charge in [-0.15, -0.1) is 21.5 Å². The molecule has 0 radical (unpaired) electrons. The monoisotopic (exact) mass is 477 g/mol. The maximum Gasteiger partial charge on any atom is 0.233 e. The second-order valence-corrected chi connectivity index (χ2v) is 9.99. The van der Waals surface area contributed by atoms with E-state index in [1.54, 1.807) is 4.90 Å². The fourth-order valence-electron chi connectivity index (χ4n) is 3.34. The van der Waals surface area contributed by atoms with Crippen LogP contribution in [0.1, 0.15) is 10.4 Å². The van der Waals surface area contributed by atoms with Crippen molar-refractivity contribution in [2.75, 3.05) is 44.0 Å². The zero-order chi connectivity index (χ0) is 21.8. The number of aryl methyl sites for hydroxylation is 1. The quantitative estimate of drug-likeness (QED) is 0.481. The standard InChI is InChI=1S/C21H24ClN5O2S2/c1-15-5-3-4-6-17(15)27-20(26-9-11-29-12-10-26)23-24-21(27)30-14-19(28)25(2)13-16-7-8-18(22)31-16/h3-8H,9-14H2,1-2H3. The minimum atomic E-state index is 0.0294. The first-order valence-electron chi connectivity index (χ1n) is 9.98. The third kappa shape index (κ3) is 5.23. The molecule has 164 valence electrons. The van der Waals surface area contributed by atoms with E-state index < -0.39 is 0 Å². The molecule has 1 fully saturated rings. The van der Waals surface area contributed by atoms with Crippen molar-refractivity contribution < 1.29 is 9.53 Å². The van der Waals surface area contributed by atoms with Crippen molar-refractivity contribution in [2.45, 2.75) is 18.6 Å². The number of carbonyl (C=O) groups excluding carboxylic acids is 1. The van der Waals surface area contributed by atoms with Crippen LogP contribution in [0.2, 0.25) is 4.34 Å². The van der Waals surface area contributed by atoms with Crippen molar-refractivity contribution in [1.82, 2.24) is 19.7 Å². The fraction of sp³-hybridized carbons (Fsp3) is 0.381. The fourth-order valence-corrected chi connectivity index (χ4v) is 5.37. The lowest BCUT2D eigenvalue weighted by Crippen LogP contribution is -2.38. The van der Waals surface area contributed by atoms with E-state index >= 15 is 0 Å². The highest BCUT2D eigenvalue weighted by atomic mass is 35.5. The van der Waals surface area contributed by atoms with Gasteiger partial charge in [0.1, 0.15) is 0 Å². The molecule has 3 heterocycles. The third-order valence-corrected chi connectivity index (χ3v) is 7.17. The summed E-state index contributed by atoms with van der Waals surface area (Å²) in [7, 11) is 1.81. The van der Waals surface area contributed by atoms with Gasteiger partial charge in [0.05, 0.1) is 35.5 Å². The van der Waals surface area contributed by atoms with E-state index in [1.807, 2.05) is 31.3 Å². The van der Waals surface area contributed by atoms with E-state index in [0.29, 0.717) is 24.9 Å². The number of benzene rings is 1. The number of halogens is 1. The zero-order valence-corrected chi connectivity index (χ0v) is 19.8. The van der Waals surface area contributed by atoms with E-state index in [4.69, 9.17) is 16.3 Å². The number of anilines is 1. The Morgan fingerprint density at radius 3 is 2.71 bits per heavy atom. The summed E-state index contributed by atoms with van der Waals surface area (Å²) in [6, 6.07) is 11.9. The molecule has 10 heteroatoms. The summed E-state index contributed by atoms with van der Waals surface area (Å²) in [6.07, 6.45) is 0. The van der Waals surface area contributed by atoms with Gasteiger partial charge in [0.2, 0.25) is 11.9 Å². The maximum atomic E-state index is 12.7. The van der Waals surface area contributed by atoms with Crippen LogP contribution in [-0.2, 0) is 16.1 Å². The van der Waals surface area contributed by atoms with Crippen LogP contribution in [0.5, 0.6) is 0 Å². The van der Waals surface area contributed by atoms with E-state index in [0.717, 1.165) is 39.5 Å². The minimum absolute atomic E-state index is 0.0294. The molecule has 0 aliphatic carbocycles. The summed E-state index contributed by atoms with van der Waals surface area (Å²) in [6.45, 7) is 5.47. The number of carbonyl (C=O) groups is 1. The molecule has 0 N–H and O–H groups in total. The summed E-state index contributed by atoms with van der Waals surface area (Å²) >= 11 is 8.90. The molecule has 0 saturated carbocycles. The Labute approximate surface area is 195 Å². The van der Waals surface area contributed by atoms with E-state index in [9.17, 15) is 4.79 Å². The van der Waals surface area contributed by atoms with Crippen LogP contribution in [0, 0.1) is 6.92 Å². The molecule has 1 saturated heterocycles. The van der Waals surface area contributed by atoms with E-state index in [2.05, 4.69) is 38.7 Å². The van der Waals surface area contributed by atoms with E-state index in [1.165, 1.54) is 23.1 Å². The first-order chi connectivity index (χ1) is 15.0. The molecule has 0 spiro atoms. The summed E-state index contributed by atoms with van der Waals surface area (Å²) in [4.78, 5) is 17.7. The summed E-state index contributed by atoms with van der Waals surface area (Å²) in [5, 5.41) is 9.62. The van der Waals surface area contributed by atoms with Crippen molar-refractivity contribution in [1.29, 1.82) is 0 Å². The van der Waals surface area contributed by atoms with Gasteiger partial charge in [0, 0.05) is 25.0 Å². The molecule has 7 nitrogen and oxygen atoms in total. The van der Waals surface area contributed by atoms with Gasteiger partial charge in [-0.3, -0.25) is 9.36 Å². The molecule has 1 aliphatic rings. The molecule has 0 atom stereocenters. The molecule has 31 heavy (non-hydrogen) atoms. The number of hydrogen-bond donors (Lipinski definition) is 0. The number of amides is 1. The lowest BCUT2D eigenvalue weighted by Gasteiger charge is -2.28. The van der Waals surface area contributed by atoms with Crippen molar-refractivity contribution in [3.63, 3.8) is 0 Å². The molecule has 1 aliphatic heterocycles. The Balaban J connectivity index is 1.53. The van der Waals surface area contributed by atoms with Crippen LogP contribution in [-0.4, -0.2) is 64.7 Å². The lowest BCUT2D eigenvalue weighted by atomic mass is 10.2. The van der Waals surface area contributed by atoms with Crippen LogP contribution in [0.15, 0.2) is 41.6 Å². The zero-order valence-electron chi connectivity index (χ0n) is 17.5. The van der Waals surface area contributed by atoms with Gasteiger partial charge in [-0.05, 0) is 30.7 Å². The van der Waals surface area contributed by atoms with Gasteiger partial charge in [-0.25, -0.2) is 0 Å². The molecule has 4 rings (SSSR count). The highest BCUT2D eigenvalue weighted by Crippen LogP contribution is 2.29. The molecule has 2 aromatic heterocycles. The number of para-hydroxylation sites is 1. The Morgan fingerprint density at radius 2 is 2.00 bits per heavy atom. The second-order valence-electron chi connectivity index (χ2n) is 7.25. The lowest BCUT2D eigenvalue weighted by molar-refractivity contribution is -0.127. The number of thiophene rings is 1. The van der Waals surface area contributed by atoms with Crippen molar-refractivity contribution in [3.8, 4) is 5.69 Å². The van der Waals surface area contributed by atoms with Crippen LogP contribution < -0.4 is 4.90 Å². The topological polar surface area (TPSA) is 63.5 Å². The predicted octanol–water partition coefficient (Wildman–Crippen LogP) is 3.88. The summed E-state index contributed by atoms with van der Waals surface area (Å²) < 4.78 is 8.27. The molecular formula is C21H24ClN5O2S2. The first-order valence-corrected chi connectivity index (χ1v) is 12.2. The minimum Gasteiger partial charge on any atom is -0.378 e. The number of ether oxygens (including phenoxy) is 1. The maximum absolute atomic E-state index is 12.7. The number of rotatable bonds is 7. The van der Waals surface area contributed by atoms with Gasteiger partial charge in [0.15, 0.2) is 5.16 Å². The van der Waals surface area contributed by atoms with Gasteiger partial charge < -0.3 is 14.5 Å². The van der Waals surface area contributed by atoms with Gasteiger partial charge in [-0.2, -0.15) is 0 Å². The van der Waals surface area contributed by atoms with Gasteiger partial charge in [-0.1, -0.05) is 41.6 Å². The van der Waals surface area contributed by atoms with Gasteiger partial charge >= 0.3 is 0 Å². The van der Waals surface area contributed by atoms with Crippen molar-refractivity contribution in [2.24, 2.45) is 0 Å². The molecule has 1 aromatic carbocycles. The number of nitrogens with zero attached hydrogens (tertiary/aromatic N) is 5. The van der Waals surface area contributed by atoms with Crippen LogP contribution >= 0.6 is 34.7 Å². The van der Waals surface area contributed by atoms with Gasteiger partial charge in [0.25, 0.3) is 0 Å². The Bertz CT molecular complexity index is 1050. The molecular weight excluding hydrogens is 454 g/mol. The van der Waals surface area contributed by atoms with Crippen molar-refractivity contribution in [3.05, 3.63) is 51.2 Å². The summed E-state index contributed by atoms with van der Waals surface area (Å²) in [5.41, 5.74) is 2.14. The molecule has 0 unspecified atom stereocenters. The van der Waals surface area contributed by atoms with Crippen LogP contribution in [0.3, 0.4) is 0 Å². The smallest absolute Gasteiger partial charge is 0.233 e. The molecule has 1 amide bonds.